The van der Waals surface area contributed by atoms with E-state index in [0.717, 1.165) is 0 Å². The Morgan fingerprint density at radius 3 is 2.59 bits per heavy atom. The average molecular weight is 328 g/mol. The molecule has 7 heteroatoms. The van der Waals surface area contributed by atoms with E-state index in [1.54, 1.807) is 12.1 Å². The number of benzene rings is 1. The number of aromatic nitrogens is 1. The van der Waals surface area contributed by atoms with Gasteiger partial charge in [-0.3, -0.25) is 0 Å². The summed E-state index contributed by atoms with van der Waals surface area (Å²) in [5, 5.41) is 10.8. The summed E-state index contributed by atoms with van der Waals surface area (Å²) < 4.78 is 21.0. The molecule has 1 aromatic carbocycles. The number of hydrogen-bond donors (Lipinski definition) is 1. The van der Waals surface area contributed by atoms with E-state index < -0.39 is 6.29 Å². The highest BCUT2D eigenvalue weighted by Gasteiger charge is 2.14. The van der Waals surface area contributed by atoms with Gasteiger partial charge in [0.2, 0.25) is 5.88 Å². The Labute approximate surface area is 133 Å². The van der Waals surface area contributed by atoms with Gasteiger partial charge in [-0.1, -0.05) is 11.6 Å². The van der Waals surface area contributed by atoms with Gasteiger partial charge in [-0.15, -0.1) is 0 Å². The molecule has 0 amide bonds. The Morgan fingerprint density at radius 2 is 1.95 bits per heavy atom. The summed E-state index contributed by atoms with van der Waals surface area (Å²) in [4.78, 5) is 4.30. The number of rotatable bonds is 7. The molecule has 6 nitrogen and oxygen atoms in total. The minimum atomic E-state index is -0.497. The van der Waals surface area contributed by atoms with Crippen LogP contribution in [0, 0.1) is 0 Å². The average Bonchev–Trinajstić information content (AvgIpc) is 2.51. The van der Waals surface area contributed by atoms with E-state index in [-0.39, 0.29) is 12.4 Å². The van der Waals surface area contributed by atoms with E-state index in [9.17, 15) is 5.11 Å². The van der Waals surface area contributed by atoms with Gasteiger partial charge in [0, 0.05) is 25.7 Å². The van der Waals surface area contributed by atoms with Gasteiger partial charge in [-0.05, 0) is 19.1 Å². The second-order valence-corrected chi connectivity index (χ2v) is 4.78. The summed E-state index contributed by atoms with van der Waals surface area (Å²) in [5.41, 5.74) is 0.411. The first-order valence-electron chi connectivity index (χ1n) is 6.74. The summed E-state index contributed by atoms with van der Waals surface area (Å²) in [5.74, 6) is 0.778. The van der Waals surface area contributed by atoms with Crippen molar-refractivity contribution in [2.75, 3.05) is 27.4 Å². The Morgan fingerprint density at radius 1 is 1.23 bits per heavy atom. The number of aromatic hydroxyl groups is 1. The maximum atomic E-state index is 10.0. The van der Waals surface area contributed by atoms with E-state index in [0.29, 0.717) is 34.2 Å². The zero-order valence-electron chi connectivity index (χ0n) is 12.6. The summed E-state index contributed by atoms with van der Waals surface area (Å²) in [6.45, 7) is 2.45. The normalized spacial score (nSPS) is 11.1. The monoisotopic (exact) mass is 327 g/mol. The molecule has 0 unspecified atom stereocenters. The Bertz CT molecular complexity index is 645. The number of fused-ring (bicyclic) bond motifs is 1. The zero-order valence-corrected chi connectivity index (χ0v) is 13.4. The molecular weight excluding hydrogens is 310 g/mol. The van der Waals surface area contributed by atoms with Crippen LogP contribution in [0.25, 0.3) is 10.9 Å². The fourth-order valence-corrected chi connectivity index (χ4v) is 2.18. The summed E-state index contributed by atoms with van der Waals surface area (Å²) in [6, 6.07) is 4.80. The van der Waals surface area contributed by atoms with Crippen molar-refractivity contribution >= 4 is 22.5 Å². The molecule has 1 aromatic heterocycles. The molecule has 0 spiro atoms. The Balaban J connectivity index is 2.35. The molecule has 0 saturated carbocycles. The largest absolute Gasteiger partial charge is 0.507 e. The number of hydrogen-bond acceptors (Lipinski definition) is 6. The van der Waals surface area contributed by atoms with Gasteiger partial charge in [0.25, 0.3) is 0 Å². The van der Waals surface area contributed by atoms with Crippen molar-refractivity contribution in [3.8, 4) is 17.4 Å². The quantitative estimate of drug-likeness (QED) is 0.788. The molecule has 1 heterocycles. The fraction of sp³-hybridized carbons (Fsp3) is 0.400. The molecule has 0 radical (unpaired) electrons. The minimum absolute atomic E-state index is 0.0496. The zero-order chi connectivity index (χ0) is 16.1. The van der Waals surface area contributed by atoms with Gasteiger partial charge < -0.3 is 24.1 Å². The number of pyridine rings is 1. The van der Waals surface area contributed by atoms with Crippen LogP contribution in [-0.2, 0) is 9.47 Å². The van der Waals surface area contributed by atoms with Crippen LogP contribution >= 0.6 is 11.6 Å². The van der Waals surface area contributed by atoms with E-state index in [1.807, 2.05) is 6.92 Å². The van der Waals surface area contributed by atoms with Gasteiger partial charge in [-0.25, -0.2) is 4.98 Å². The molecule has 2 aromatic rings. The lowest BCUT2D eigenvalue weighted by molar-refractivity contribution is -0.121. The highest BCUT2D eigenvalue weighted by molar-refractivity contribution is 6.36. The summed E-state index contributed by atoms with van der Waals surface area (Å²) in [6.07, 6.45) is -0.497. The molecule has 0 atom stereocenters. The van der Waals surface area contributed by atoms with Gasteiger partial charge in [0.15, 0.2) is 6.29 Å². The third kappa shape index (κ3) is 3.52. The first-order chi connectivity index (χ1) is 10.6. The maximum absolute atomic E-state index is 10.0. The van der Waals surface area contributed by atoms with Crippen LogP contribution in [0.2, 0.25) is 5.02 Å². The van der Waals surface area contributed by atoms with Gasteiger partial charge in [0.1, 0.15) is 28.6 Å². The van der Waals surface area contributed by atoms with Gasteiger partial charge in [0.05, 0.1) is 6.61 Å². The molecule has 0 bridgehead atoms. The predicted molar refractivity (Wildman–Crippen MR) is 82.9 cm³/mol. The van der Waals surface area contributed by atoms with Crippen molar-refractivity contribution in [2.45, 2.75) is 13.2 Å². The molecular formula is C15H18ClNO5. The molecule has 1 N–H and O–H groups in total. The molecule has 120 valence electrons. The van der Waals surface area contributed by atoms with Crippen LogP contribution < -0.4 is 9.47 Å². The van der Waals surface area contributed by atoms with E-state index in [2.05, 4.69) is 4.98 Å². The summed E-state index contributed by atoms with van der Waals surface area (Å²) in [7, 11) is 3.04. The lowest BCUT2D eigenvalue weighted by atomic mass is 10.2. The van der Waals surface area contributed by atoms with Crippen LogP contribution in [-0.4, -0.2) is 43.8 Å². The topological polar surface area (TPSA) is 70.0 Å². The van der Waals surface area contributed by atoms with Crippen molar-refractivity contribution in [3.05, 3.63) is 23.2 Å². The molecule has 0 aliphatic carbocycles. The molecule has 0 fully saturated rings. The second kappa shape index (κ2) is 7.49. The van der Waals surface area contributed by atoms with Crippen LogP contribution in [0.1, 0.15) is 6.92 Å². The van der Waals surface area contributed by atoms with Crippen molar-refractivity contribution < 1.29 is 24.1 Å². The maximum Gasteiger partial charge on any atom is 0.217 e. The lowest BCUT2D eigenvalue weighted by Gasteiger charge is -2.16. The lowest BCUT2D eigenvalue weighted by Crippen LogP contribution is -2.22. The minimum Gasteiger partial charge on any atom is -0.507 e. The first-order valence-corrected chi connectivity index (χ1v) is 7.11. The number of nitrogens with zero attached hydrogens (tertiary/aromatic N) is 1. The van der Waals surface area contributed by atoms with Crippen LogP contribution in [0.5, 0.6) is 17.4 Å². The van der Waals surface area contributed by atoms with Crippen LogP contribution in [0.4, 0.5) is 0 Å². The van der Waals surface area contributed by atoms with Crippen molar-refractivity contribution in [1.29, 1.82) is 0 Å². The molecule has 2 rings (SSSR count). The van der Waals surface area contributed by atoms with E-state index in [1.165, 1.54) is 20.3 Å². The smallest absolute Gasteiger partial charge is 0.217 e. The highest BCUT2D eigenvalue weighted by Crippen LogP contribution is 2.37. The number of ether oxygens (including phenoxy) is 4. The van der Waals surface area contributed by atoms with Gasteiger partial charge in [-0.2, -0.15) is 0 Å². The Hall–Kier alpha value is -1.76. The summed E-state index contributed by atoms with van der Waals surface area (Å²) >= 11 is 6.32. The third-order valence-corrected chi connectivity index (χ3v) is 3.40. The molecule has 22 heavy (non-hydrogen) atoms. The highest BCUT2D eigenvalue weighted by atomic mass is 35.5. The molecule has 0 aliphatic rings. The standard InChI is InChI=1S/C15H18ClNO5/c1-4-21-12-7-10(18)9-5-6-11(14(16)15(9)17-12)22-8-13(19-2)20-3/h5-7,13H,4,8H2,1-3H3,(H,17,18). The van der Waals surface area contributed by atoms with Crippen molar-refractivity contribution in [1.82, 2.24) is 4.98 Å². The van der Waals surface area contributed by atoms with Gasteiger partial charge >= 0.3 is 0 Å². The van der Waals surface area contributed by atoms with E-state index >= 15 is 0 Å². The first kappa shape index (κ1) is 16.6. The van der Waals surface area contributed by atoms with Crippen molar-refractivity contribution in [3.63, 3.8) is 0 Å². The van der Waals surface area contributed by atoms with Crippen molar-refractivity contribution in [2.24, 2.45) is 0 Å². The third-order valence-electron chi connectivity index (χ3n) is 3.03. The number of halogens is 1. The molecule has 0 aliphatic heterocycles. The van der Waals surface area contributed by atoms with E-state index in [4.69, 9.17) is 30.5 Å². The predicted octanol–water partition coefficient (Wildman–Crippen LogP) is 2.99. The SMILES string of the molecule is CCOc1cc(O)c2ccc(OCC(OC)OC)c(Cl)c2n1. The molecule has 0 saturated heterocycles. The van der Waals surface area contributed by atoms with Crippen LogP contribution in [0.15, 0.2) is 18.2 Å². The van der Waals surface area contributed by atoms with Crippen LogP contribution in [0.3, 0.4) is 0 Å². The Kier molecular flexibility index (Phi) is 5.65. The number of methoxy groups -OCH3 is 2. The second-order valence-electron chi connectivity index (χ2n) is 4.40. The fourth-order valence-electron chi connectivity index (χ4n) is 1.92.